The Hall–Kier alpha value is -2.08. The summed E-state index contributed by atoms with van der Waals surface area (Å²) in [5.41, 5.74) is 0.874. The first-order valence-corrected chi connectivity index (χ1v) is 6.80. The minimum atomic E-state index is -1.04. The smallest absolute Gasteiger partial charge is 0.334 e. The highest BCUT2D eigenvalue weighted by atomic mass is 16.5. The first kappa shape index (κ1) is 15.3. The number of carboxylic acid groups (broad SMARTS) is 1. The standard InChI is InChI=1S/C15H19NO5/c1-10(11-3-5-12(20-2)6-4-11)14(17)16-7-8-21-13(9-16)15(18)19/h3-6,10,13H,7-9H2,1-2H3,(H,18,19)/t10-,13+/m0/s1. The summed E-state index contributed by atoms with van der Waals surface area (Å²) in [5, 5.41) is 8.97. The third kappa shape index (κ3) is 3.52. The molecule has 0 aliphatic carbocycles. The van der Waals surface area contributed by atoms with E-state index in [-0.39, 0.29) is 25.0 Å². The predicted molar refractivity (Wildman–Crippen MR) is 75.4 cm³/mol. The molecule has 2 atom stereocenters. The van der Waals surface area contributed by atoms with Crippen molar-refractivity contribution in [2.45, 2.75) is 18.9 Å². The fourth-order valence-corrected chi connectivity index (χ4v) is 2.31. The SMILES string of the molecule is COc1ccc([C@H](C)C(=O)N2CCO[C@@H](C(=O)O)C2)cc1. The molecule has 6 nitrogen and oxygen atoms in total. The Morgan fingerprint density at radius 1 is 1.38 bits per heavy atom. The van der Waals surface area contributed by atoms with Gasteiger partial charge in [-0.05, 0) is 24.6 Å². The molecule has 1 fully saturated rings. The Morgan fingerprint density at radius 2 is 2.05 bits per heavy atom. The van der Waals surface area contributed by atoms with Crippen LogP contribution in [-0.4, -0.2) is 54.8 Å². The minimum Gasteiger partial charge on any atom is -0.497 e. The molecule has 0 saturated carbocycles. The van der Waals surface area contributed by atoms with Crippen LogP contribution in [0.15, 0.2) is 24.3 Å². The van der Waals surface area contributed by atoms with Crippen molar-refractivity contribution < 1.29 is 24.2 Å². The van der Waals surface area contributed by atoms with Crippen molar-refractivity contribution >= 4 is 11.9 Å². The number of aliphatic carboxylic acids is 1. The van der Waals surface area contributed by atoms with Gasteiger partial charge in [0.2, 0.25) is 5.91 Å². The summed E-state index contributed by atoms with van der Waals surface area (Å²) in [4.78, 5) is 25.0. The number of nitrogens with zero attached hydrogens (tertiary/aromatic N) is 1. The number of amides is 1. The quantitative estimate of drug-likeness (QED) is 0.900. The molecule has 0 spiro atoms. The van der Waals surface area contributed by atoms with Gasteiger partial charge >= 0.3 is 5.97 Å². The summed E-state index contributed by atoms with van der Waals surface area (Å²) >= 11 is 0. The second-order valence-corrected chi connectivity index (χ2v) is 4.98. The zero-order valence-electron chi connectivity index (χ0n) is 12.1. The number of rotatable bonds is 4. The Balaban J connectivity index is 2.05. The maximum absolute atomic E-state index is 12.5. The Labute approximate surface area is 123 Å². The van der Waals surface area contributed by atoms with Crippen molar-refractivity contribution in [3.63, 3.8) is 0 Å². The van der Waals surface area contributed by atoms with Gasteiger partial charge in [0.05, 0.1) is 26.2 Å². The summed E-state index contributed by atoms with van der Waals surface area (Å²) in [7, 11) is 1.59. The van der Waals surface area contributed by atoms with Crippen LogP contribution >= 0.6 is 0 Å². The summed E-state index contributed by atoms with van der Waals surface area (Å²) < 4.78 is 10.2. The van der Waals surface area contributed by atoms with Gasteiger partial charge < -0.3 is 19.5 Å². The van der Waals surface area contributed by atoms with Crippen molar-refractivity contribution in [3.05, 3.63) is 29.8 Å². The van der Waals surface area contributed by atoms with Crippen LogP contribution in [0.1, 0.15) is 18.4 Å². The first-order valence-electron chi connectivity index (χ1n) is 6.80. The molecule has 0 unspecified atom stereocenters. The van der Waals surface area contributed by atoms with E-state index in [0.29, 0.717) is 6.54 Å². The van der Waals surface area contributed by atoms with Gasteiger partial charge in [0, 0.05) is 6.54 Å². The maximum Gasteiger partial charge on any atom is 0.334 e. The lowest BCUT2D eigenvalue weighted by Gasteiger charge is -2.32. The topological polar surface area (TPSA) is 76.1 Å². The number of methoxy groups -OCH3 is 1. The van der Waals surface area contributed by atoms with Crippen molar-refractivity contribution in [1.82, 2.24) is 4.90 Å². The number of carboxylic acids is 1. The Morgan fingerprint density at radius 3 is 2.62 bits per heavy atom. The molecule has 0 bridgehead atoms. The molecule has 0 aromatic heterocycles. The third-order valence-corrected chi connectivity index (χ3v) is 3.64. The van der Waals surface area contributed by atoms with Crippen molar-refractivity contribution in [2.75, 3.05) is 26.8 Å². The molecule has 1 aromatic carbocycles. The van der Waals surface area contributed by atoms with E-state index in [0.717, 1.165) is 11.3 Å². The van der Waals surface area contributed by atoms with Gasteiger partial charge in [0.15, 0.2) is 6.10 Å². The van der Waals surface area contributed by atoms with Crippen molar-refractivity contribution in [2.24, 2.45) is 0 Å². The normalized spacial score (nSPS) is 19.9. The molecule has 1 N–H and O–H groups in total. The molecule has 1 aliphatic rings. The predicted octanol–water partition coefficient (Wildman–Crippen LogP) is 1.11. The average Bonchev–Trinajstić information content (AvgIpc) is 2.53. The molecule has 1 heterocycles. The third-order valence-electron chi connectivity index (χ3n) is 3.64. The Bertz CT molecular complexity index is 513. The number of carbonyl (C=O) groups excluding carboxylic acids is 1. The molecule has 2 rings (SSSR count). The molecule has 1 saturated heterocycles. The lowest BCUT2D eigenvalue weighted by atomic mass is 9.99. The van der Waals surface area contributed by atoms with Gasteiger partial charge in [-0.15, -0.1) is 0 Å². The van der Waals surface area contributed by atoms with Crippen LogP contribution in [0, 0.1) is 0 Å². The van der Waals surface area contributed by atoms with Gasteiger partial charge in [-0.3, -0.25) is 4.79 Å². The monoisotopic (exact) mass is 293 g/mol. The zero-order chi connectivity index (χ0) is 15.4. The van der Waals surface area contributed by atoms with Gasteiger partial charge in [-0.2, -0.15) is 0 Å². The average molecular weight is 293 g/mol. The molecule has 114 valence electrons. The van der Waals surface area contributed by atoms with E-state index in [1.807, 2.05) is 19.1 Å². The molecule has 0 radical (unpaired) electrons. The number of carbonyl (C=O) groups is 2. The van der Waals surface area contributed by atoms with Crippen LogP contribution in [0.2, 0.25) is 0 Å². The summed E-state index contributed by atoms with van der Waals surface area (Å²) in [6, 6.07) is 7.30. The van der Waals surface area contributed by atoms with E-state index in [1.165, 1.54) is 0 Å². The highest BCUT2D eigenvalue weighted by Gasteiger charge is 2.31. The van der Waals surface area contributed by atoms with E-state index >= 15 is 0 Å². The van der Waals surface area contributed by atoms with Crippen molar-refractivity contribution in [3.8, 4) is 5.75 Å². The van der Waals surface area contributed by atoms with Gasteiger partial charge in [-0.25, -0.2) is 4.79 Å². The number of morpholine rings is 1. The van der Waals surface area contributed by atoms with Crippen LogP contribution in [0.5, 0.6) is 5.75 Å². The second kappa shape index (κ2) is 6.58. The highest BCUT2D eigenvalue weighted by molar-refractivity contribution is 5.84. The molecule has 1 aromatic rings. The molecule has 1 aliphatic heterocycles. The number of hydrogen-bond acceptors (Lipinski definition) is 4. The summed E-state index contributed by atoms with van der Waals surface area (Å²) in [5.74, 6) is -0.724. The van der Waals surface area contributed by atoms with E-state index < -0.39 is 12.1 Å². The Kier molecular flexibility index (Phi) is 4.80. The van der Waals surface area contributed by atoms with E-state index in [9.17, 15) is 9.59 Å². The highest BCUT2D eigenvalue weighted by Crippen LogP contribution is 2.22. The maximum atomic E-state index is 12.5. The van der Waals surface area contributed by atoms with Crippen molar-refractivity contribution in [1.29, 1.82) is 0 Å². The van der Waals surface area contributed by atoms with Crippen LogP contribution in [0.25, 0.3) is 0 Å². The second-order valence-electron chi connectivity index (χ2n) is 4.98. The molecular formula is C15H19NO5. The lowest BCUT2D eigenvalue weighted by molar-refractivity contribution is -0.159. The van der Waals surface area contributed by atoms with Crippen LogP contribution in [0.3, 0.4) is 0 Å². The fraction of sp³-hybridized carbons (Fsp3) is 0.467. The van der Waals surface area contributed by atoms with Crippen LogP contribution in [0.4, 0.5) is 0 Å². The molecular weight excluding hydrogens is 274 g/mol. The number of hydrogen-bond donors (Lipinski definition) is 1. The minimum absolute atomic E-state index is 0.0882. The zero-order valence-corrected chi connectivity index (χ0v) is 12.1. The van der Waals surface area contributed by atoms with Crippen LogP contribution < -0.4 is 4.74 Å². The van der Waals surface area contributed by atoms with Gasteiger partial charge in [-0.1, -0.05) is 12.1 Å². The molecule has 21 heavy (non-hydrogen) atoms. The van der Waals surface area contributed by atoms with E-state index in [2.05, 4.69) is 0 Å². The first-order chi connectivity index (χ1) is 10.0. The van der Waals surface area contributed by atoms with E-state index in [4.69, 9.17) is 14.6 Å². The largest absolute Gasteiger partial charge is 0.497 e. The van der Waals surface area contributed by atoms with Gasteiger partial charge in [0.25, 0.3) is 0 Å². The molecule has 1 amide bonds. The van der Waals surface area contributed by atoms with E-state index in [1.54, 1.807) is 24.1 Å². The van der Waals surface area contributed by atoms with Crippen LogP contribution in [-0.2, 0) is 14.3 Å². The lowest BCUT2D eigenvalue weighted by Crippen LogP contribution is -2.49. The summed E-state index contributed by atoms with van der Waals surface area (Å²) in [6.45, 7) is 2.57. The molecule has 6 heteroatoms. The summed E-state index contributed by atoms with van der Waals surface area (Å²) in [6.07, 6.45) is -0.939. The number of benzene rings is 1. The van der Waals surface area contributed by atoms with Gasteiger partial charge in [0.1, 0.15) is 5.75 Å². The number of ether oxygens (including phenoxy) is 2. The fourth-order valence-electron chi connectivity index (χ4n) is 2.31.